The first kappa shape index (κ1) is 14.8. The molecule has 4 nitrogen and oxygen atoms in total. The van der Waals surface area contributed by atoms with E-state index in [0.717, 1.165) is 39.0 Å². The van der Waals surface area contributed by atoms with Crippen LogP contribution in [0.3, 0.4) is 0 Å². The summed E-state index contributed by atoms with van der Waals surface area (Å²) < 4.78 is 0. The molecule has 0 aromatic heterocycles. The monoisotopic (exact) mass is 267 g/mol. The van der Waals surface area contributed by atoms with Gasteiger partial charge in [-0.05, 0) is 30.6 Å². The van der Waals surface area contributed by atoms with Crippen LogP contribution in [0.4, 0.5) is 0 Å². The van der Waals surface area contributed by atoms with E-state index in [0.29, 0.717) is 23.9 Å². The molecular weight excluding hydrogens is 238 g/mol. The lowest BCUT2D eigenvalue weighted by atomic mass is 9.70. The molecule has 0 radical (unpaired) electrons. The summed E-state index contributed by atoms with van der Waals surface area (Å²) in [5, 5.41) is 6.56. The molecule has 1 heterocycles. The van der Waals surface area contributed by atoms with Crippen LogP contribution in [0.15, 0.2) is 0 Å². The molecule has 19 heavy (non-hydrogen) atoms. The minimum Gasteiger partial charge on any atom is -0.352 e. The standard InChI is InChI=1S/C15H29N3O/c1-12-8-13(10-15(2,3)9-12)17-14(19)11-18-6-4-16-5-7-18/h12-13,16H,4-11H2,1-3H3,(H,17,19)/t12-,13-/m1/s1. The molecule has 1 aliphatic heterocycles. The Kier molecular flexibility index (Phi) is 4.85. The molecule has 0 unspecified atom stereocenters. The first-order chi connectivity index (χ1) is 8.94. The molecule has 4 heteroatoms. The highest BCUT2D eigenvalue weighted by Crippen LogP contribution is 2.38. The van der Waals surface area contributed by atoms with Crippen LogP contribution in [0.2, 0.25) is 0 Å². The largest absolute Gasteiger partial charge is 0.352 e. The van der Waals surface area contributed by atoms with Crippen LogP contribution in [0.25, 0.3) is 0 Å². The van der Waals surface area contributed by atoms with Gasteiger partial charge in [0.2, 0.25) is 5.91 Å². The van der Waals surface area contributed by atoms with Crippen molar-refractivity contribution in [3.05, 3.63) is 0 Å². The number of piperazine rings is 1. The van der Waals surface area contributed by atoms with Gasteiger partial charge >= 0.3 is 0 Å². The SMILES string of the molecule is C[C@@H]1C[C@@H](NC(=O)CN2CCNCC2)CC(C)(C)C1. The summed E-state index contributed by atoms with van der Waals surface area (Å²) >= 11 is 0. The van der Waals surface area contributed by atoms with Crippen molar-refractivity contribution < 1.29 is 4.79 Å². The van der Waals surface area contributed by atoms with Crippen molar-refractivity contribution in [2.75, 3.05) is 32.7 Å². The summed E-state index contributed by atoms with van der Waals surface area (Å²) in [6.45, 7) is 11.5. The van der Waals surface area contributed by atoms with Crippen molar-refractivity contribution in [3.8, 4) is 0 Å². The van der Waals surface area contributed by atoms with Crippen LogP contribution in [-0.2, 0) is 4.79 Å². The second kappa shape index (κ2) is 6.23. The Morgan fingerprint density at radius 1 is 1.32 bits per heavy atom. The molecule has 1 amide bonds. The maximum Gasteiger partial charge on any atom is 0.234 e. The third-order valence-corrected chi connectivity index (χ3v) is 4.33. The number of hydrogen-bond donors (Lipinski definition) is 2. The first-order valence-electron chi connectivity index (χ1n) is 7.67. The average molecular weight is 267 g/mol. The summed E-state index contributed by atoms with van der Waals surface area (Å²) in [7, 11) is 0. The summed E-state index contributed by atoms with van der Waals surface area (Å²) in [6.07, 6.45) is 3.53. The third kappa shape index (κ3) is 4.77. The molecule has 2 N–H and O–H groups in total. The lowest BCUT2D eigenvalue weighted by molar-refractivity contribution is -0.123. The molecule has 2 rings (SSSR count). The highest BCUT2D eigenvalue weighted by Gasteiger charge is 2.32. The summed E-state index contributed by atoms with van der Waals surface area (Å²) in [4.78, 5) is 14.4. The van der Waals surface area contributed by atoms with Gasteiger partial charge in [-0.2, -0.15) is 0 Å². The van der Waals surface area contributed by atoms with E-state index >= 15 is 0 Å². The van der Waals surface area contributed by atoms with Gasteiger partial charge in [-0.1, -0.05) is 20.8 Å². The van der Waals surface area contributed by atoms with E-state index in [-0.39, 0.29) is 5.91 Å². The summed E-state index contributed by atoms with van der Waals surface area (Å²) in [6, 6.07) is 0.370. The molecule has 0 bridgehead atoms. The van der Waals surface area contributed by atoms with Crippen molar-refractivity contribution >= 4 is 5.91 Å². The minimum absolute atomic E-state index is 0.205. The predicted molar refractivity (Wildman–Crippen MR) is 78.0 cm³/mol. The van der Waals surface area contributed by atoms with Crippen LogP contribution < -0.4 is 10.6 Å². The van der Waals surface area contributed by atoms with Gasteiger partial charge in [-0.3, -0.25) is 9.69 Å². The topological polar surface area (TPSA) is 44.4 Å². The number of rotatable bonds is 3. The van der Waals surface area contributed by atoms with Gasteiger partial charge in [-0.25, -0.2) is 0 Å². The first-order valence-corrected chi connectivity index (χ1v) is 7.67. The Morgan fingerprint density at radius 3 is 2.63 bits per heavy atom. The molecule has 0 aromatic carbocycles. The third-order valence-electron chi connectivity index (χ3n) is 4.33. The van der Waals surface area contributed by atoms with Crippen molar-refractivity contribution in [2.24, 2.45) is 11.3 Å². The van der Waals surface area contributed by atoms with Gasteiger partial charge in [-0.15, -0.1) is 0 Å². The van der Waals surface area contributed by atoms with Gasteiger partial charge in [0.1, 0.15) is 0 Å². The van der Waals surface area contributed by atoms with Crippen molar-refractivity contribution in [1.29, 1.82) is 0 Å². The summed E-state index contributed by atoms with van der Waals surface area (Å²) in [5.41, 5.74) is 0.366. The molecule has 0 aromatic rings. The highest BCUT2D eigenvalue weighted by molar-refractivity contribution is 5.78. The second-order valence-corrected chi connectivity index (χ2v) is 7.20. The fourth-order valence-electron chi connectivity index (χ4n) is 3.80. The van der Waals surface area contributed by atoms with Crippen molar-refractivity contribution in [1.82, 2.24) is 15.5 Å². The van der Waals surface area contributed by atoms with Crippen LogP contribution in [-0.4, -0.2) is 49.6 Å². The van der Waals surface area contributed by atoms with Crippen LogP contribution >= 0.6 is 0 Å². The zero-order valence-electron chi connectivity index (χ0n) is 12.7. The quantitative estimate of drug-likeness (QED) is 0.808. The van der Waals surface area contributed by atoms with Crippen molar-refractivity contribution in [2.45, 2.75) is 46.1 Å². The maximum atomic E-state index is 12.1. The zero-order valence-corrected chi connectivity index (χ0v) is 12.7. The fourth-order valence-corrected chi connectivity index (χ4v) is 3.80. The Bertz CT molecular complexity index is 311. The van der Waals surface area contributed by atoms with Gasteiger partial charge in [0.25, 0.3) is 0 Å². The normalized spacial score (nSPS) is 31.9. The number of nitrogens with zero attached hydrogens (tertiary/aromatic N) is 1. The van der Waals surface area contributed by atoms with Crippen LogP contribution in [0.5, 0.6) is 0 Å². The van der Waals surface area contributed by atoms with Crippen LogP contribution in [0, 0.1) is 11.3 Å². The lowest BCUT2D eigenvalue weighted by Crippen LogP contribution is -2.50. The fraction of sp³-hybridized carbons (Fsp3) is 0.933. The Labute approximate surface area is 117 Å². The molecule has 1 saturated carbocycles. The van der Waals surface area contributed by atoms with Gasteiger partial charge in [0.15, 0.2) is 0 Å². The second-order valence-electron chi connectivity index (χ2n) is 7.20. The summed E-state index contributed by atoms with van der Waals surface area (Å²) in [5.74, 6) is 0.921. The Hall–Kier alpha value is -0.610. The highest BCUT2D eigenvalue weighted by atomic mass is 16.2. The van der Waals surface area contributed by atoms with E-state index in [1.807, 2.05) is 0 Å². The number of hydrogen-bond acceptors (Lipinski definition) is 3. The van der Waals surface area contributed by atoms with E-state index < -0.39 is 0 Å². The molecule has 110 valence electrons. The molecule has 1 aliphatic carbocycles. The Balaban J connectivity index is 1.78. The molecule has 2 atom stereocenters. The minimum atomic E-state index is 0.205. The van der Waals surface area contributed by atoms with Gasteiger partial charge in [0.05, 0.1) is 6.54 Å². The Morgan fingerprint density at radius 2 is 2.00 bits per heavy atom. The molecular formula is C15H29N3O. The van der Waals surface area contributed by atoms with E-state index in [1.54, 1.807) is 0 Å². The zero-order chi connectivity index (χ0) is 13.9. The van der Waals surface area contributed by atoms with Crippen LogP contribution in [0.1, 0.15) is 40.0 Å². The van der Waals surface area contributed by atoms with Gasteiger partial charge < -0.3 is 10.6 Å². The average Bonchev–Trinajstić information content (AvgIpc) is 2.26. The molecule has 2 fully saturated rings. The molecule has 0 spiro atoms. The maximum absolute atomic E-state index is 12.1. The number of carbonyl (C=O) groups excluding carboxylic acids is 1. The van der Waals surface area contributed by atoms with E-state index in [1.165, 1.54) is 6.42 Å². The number of amides is 1. The molecule has 1 saturated heterocycles. The van der Waals surface area contributed by atoms with Crippen molar-refractivity contribution in [3.63, 3.8) is 0 Å². The smallest absolute Gasteiger partial charge is 0.234 e. The van der Waals surface area contributed by atoms with E-state index in [4.69, 9.17) is 0 Å². The molecule has 2 aliphatic rings. The van der Waals surface area contributed by atoms with Gasteiger partial charge in [0, 0.05) is 32.2 Å². The predicted octanol–water partition coefficient (Wildman–Crippen LogP) is 1.22. The number of carbonyl (C=O) groups is 1. The van der Waals surface area contributed by atoms with E-state index in [2.05, 4.69) is 36.3 Å². The lowest BCUT2D eigenvalue weighted by Gasteiger charge is -2.39. The number of nitrogens with one attached hydrogen (secondary N) is 2. The van der Waals surface area contributed by atoms with E-state index in [9.17, 15) is 4.79 Å².